The first-order valence-electron chi connectivity index (χ1n) is 31.3. The molecule has 5 heteroatoms. The summed E-state index contributed by atoms with van der Waals surface area (Å²) >= 11 is 0. The lowest BCUT2D eigenvalue weighted by Gasteiger charge is -2.36. The maximum atomic E-state index is 7.85. The smallest absolute Gasteiger partial charge is 0.137 e. The molecule has 0 radical (unpaired) electrons. The molecular weight excluding hydrogens is 1070 g/mol. The Morgan fingerprint density at radius 3 is 1.53 bits per heavy atom. The molecule has 10 aromatic carbocycles. The largest absolute Gasteiger partial charge is 0.457 e. The van der Waals surface area contributed by atoms with E-state index in [1.165, 1.54) is 77.8 Å². The number of rotatable bonds is 9. The summed E-state index contributed by atoms with van der Waals surface area (Å²) in [5, 5.41) is 2.34. The van der Waals surface area contributed by atoms with Crippen molar-refractivity contribution < 1.29 is 4.74 Å². The molecule has 0 saturated carbocycles. The lowest BCUT2D eigenvalue weighted by molar-refractivity contribution is 0.455. The number of nitrogens with zero attached hydrogens (tertiary/aromatic N) is 4. The zero-order valence-corrected chi connectivity index (χ0v) is 53.0. The SMILES string of the molecule is CC(C)(C)c1ccc(C2(c3cc(Oc4cc5c(cc4C(C)(C)C)c4ccccc4n5-c4cc(C(C)(C)C)ccn4)cc(N4CN(c5c(-c6ccccc6)cc(C(C)(C)C)cc5-c5ccccc5)c5ccccc54)c3)c3ccccc3-c3ccccc32)cc1. The number of pyridine rings is 1. The topological polar surface area (TPSA) is 33.5 Å². The molecule has 5 nitrogen and oxygen atoms in total. The van der Waals surface area contributed by atoms with Gasteiger partial charge >= 0.3 is 0 Å². The summed E-state index contributed by atoms with van der Waals surface area (Å²) in [5.74, 6) is 2.43. The molecule has 2 aliphatic rings. The van der Waals surface area contributed by atoms with Gasteiger partial charge in [-0.05, 0) is 144 Å². The lowest BCUT2D eigenvalue weighted by atomic mass is 9.67. The third-order valence-electron chi connectivity index (χ3n) is 18.6. The Bertz CT molecular complexity index is 4550. The van der Waals surface area contributed by atoms with Gasteiger partial charge in [-0.2, -0.15) is 0 Å². The average molecular weight is 1150 g/mol. The average Bonchev–Trinajstić information content (AvgIpc) is 1.52. The zero-order chi connectivity index (χ0) is 61.1. The van der Waals surface area contributed by atoms with Crippen LogP contribution in [0, 0.1) is 0 Å². The Labute approximate surface area is 520 Å². The first kappa shape index (κ1) is 56.4. The summed E-state index contributed by atoms with van der Waals surface area (Å²) in [5.41, 5.74) is 22.3. The van der Waals surface area contributed by atoms with Crippen molar-refractivity contribution in [2.24, 2.45) is 0 Å². The maximum absolute atomic E-state index is 7.85. The number of benzene rings is 10. The molecule has 12 aromatic rings. The highest BCUT2D eigenvalue weighted by Gasteiger charge is 2.47. The van der Waals surface area contributed by atoms with Crippen LogP contribution in [0.25, 0.3) is 61.0 Å². The van der Waals surface area contributed by atoms with Crippen molar-refractivity contribution in [3.8, 4) is 50.7 Å². The maximum Gasteiger partial charge on any atom is 0.137 e. The third kappa shape index (κ3) is 9.49. The summed E-state index contributed by atoms with van der Waals surface area (Å²) in [6.45, 7) is 28.1. The van der Waals surface area contributed by atoms with Gasteiger partial charge in [-0.3, -0.25) is 4.57 Å². The molecule has 0 spiro atoms. The van der Waals surface area contributed by atoms with Gasteiger partial charge in [0.2, 0.25) is 0 Å². The molecule has 436 valence electrons. The van der Waals surface area contributed by atoms with E-state index in [4.69, 9.17) is 9.72 Å². The van der Waals surface area contributed by atoms with Crippen LogP contribution in [0.2, 0.25) is 0 Å². The van der Waals surface area contributed by atoms with Crippen molar-refractivity contribution in [2.45, 2.75) is 110 Å². The van der Waals surface area contributed by atoms with Gasteiger partial charge < -0.3 is 14.5 Å². The molecule has 0 N–H and O–H groups in total. The van der Waals surface area contributed by atoms with Crippen LogP contribution in [-0.2, 0) is 27.1 Å². The zero-order valence-electron chi connectivity index (χ0n) is 53.0. The van der Waals surface area contributed by atoms with Gasteiger partial charge in [-0.25, -0.2) is 4.98 Å². The number of hydrogen-bond acceptors (Lipinski definition) is 4. The predicted molar refractivity (Wildman–Crippen MR) is 370 cm³/mol. The number of ether oxygens (including phenoxy) is 1. The van der Waals surface area contributed by atoms with E-state index in [-0.39, 0.29) is 21.7 Å². The minimum Gasteiger partial charge on any atom is -0.457 e. The van der Waals surface area contributed by atoms with E-state index in [0.717, 1.165) is 61.9 Å². The highest BCUT2D eigenvalue weighted by Crippen LogP contribution is 2.59. The second kappa shape index (κ2) is 20.9. The molecule has 1 aliphatic heterocycles. The van der Waals surface area contributed by atoms with Gasteiger partial charge in [0, 0.05) is 51.5 Å². The lowest BCUT2D eigenvalue weighted by Crippen LogP contribution is -2.30. The van der Waals surface area contributed by atoms with Crippen molar-refractivity contribution in [2.75, 3.05) is 16.5 Å². The van der Waals surface area contributed by atoms with Crippen molar-refractivity contribution in [3.05, 3.63) is 287 Å². The normalized spacial score (nSPS) is 13.9. The van der Waals surface area contributed by atoms with Gasteiger partial charge in [0.05, 0.1) is 33.5 Å². The van der Waals surface area contributed by atoms with Crippen molar-refractivity contribution in [1.29, 1.82) is 0 Å². The van der Waals surface area contributed by atoms with Crippen LogP contribution in [0.15, 0.2) is 243 Å². The fourth-order valence-corrected chi connectivity index (χ4v) is 14.0. The van der Waals surface area contributed by atoms with Crippen LogP contribution in [0.3, 0.4) is 0 Å². The van der Waals surface area contributed by atoms with Crippen LogP contribution < -0.4 is 14.5 Å². The van der Waals surface area contributed by atoms with E-state index < -0.39 is 5.41 Å². The summed E-state index contributed by atoms with van der Waals surface area (Å²) in [6, 6.07) is 88.4. The molecule has 14 rings (SSSR count). The minimum atomic E-state index is -0.743. The summed E-state index contributed by atoms with van der Waals surface area (Å²) in [6.07, 6.45) is 1.96. The van der Waals surface area contributed by atoms with Crippen LogP contribution in [-0.4, -0.2) is 16.2 Å². The first-order chi connectivity index (χ1) is 42.2. The molecule has 0 unspecified atom stereocenters. The highest BCUT2D eigenvalue weighted by molar-refractivity contribution is 6.10. The van der Waals surface area contributed by atoms with Crippen LogP contribution in [0.1, 0.15) is 128 Å². The molecule has 0 amide bonds. The van der Waals surface area contributed by atoms with E-state index in [9.17, 15) is 0 Å². The number of hydrogen-bond donors (Lipinski definition) is 0. The molecule has 1 aliphatic carbocycles. The Morgan fingerprint density at radius 2 is 0.943 bits per heavy atom. The summed E-state index contributed by atoms with van der Waals surface area (Å²) < 4.78 is 10.2. The molecule has 0 bridgehead atoms. The molecule has 3 heterocycles. The fourth-order valence-electron chi connectivity index (χ4n) is 14.0. The second-order valence-electron chi connectivity index (χ2n) is 28.5. The molecule has 0 atom stereocenters. The number of para-hydroxylation sites is 3. The van der Waals surface area contributed by atoms with E-state index >= 15 is 0 Å². The molecule has 88 heavy (non-hydrogen) atoms. The fraction of sp³-hybridized carbons (Fsp3) is 0.217. The highest BCUT2D eigenvalue weighted by atomic mass is 16.5. The Morgan fingerprint density at radius 1 is 0.398 bits per heavy atom. The van der Waals surface area contributed by atoms with E-state index in [2.05, 4.69) is 334 Å². The van der Waals surface area contributed by atoms with Gasteiger partial charge in [-0.1, -0.05) is 247 Å². The van der Waals surface area contributed by atoms with Crippen molar-refractivity contribution in [1.82, 2.24) is 9.55 Å². The van der Waals surface area contributed by atoms with E-state index in [0.29, 0.717) is 6.67 Å². The minimum absolute atomic E-state index is 0.0377. The Balaban J connectivity index is 1.04. The Kier molecular flexibility index (Phi) is 13.4. The van der Waals surface area contributed by atoms with Crippen LogP contribution in [0.5, 0.6) is 11.5 Å². The standard InChI is InChI=1S/C83H78N4O/c1-79(2,3)56-39-41-57(42-40-56)83(69-34-22-19-31-63(69)64-32-20-23-35-70(64)83)60-45-61(50-62(46-60)88-76-52-75-68(51-71(76)82(10,11)12)65-33-21-24-36-72(65)87(75)77-49-58(43-44-84-77)80(4,5)6)85-53-86(74-38-26-25-37-73(74)85)78-66(54-27-15-13-16-28-54)47-59(81(7,8)9)48-67(78)55-29-17-14-18-30-55/h13-52H,53H2,1-12H3. The summed E-state index contributed by atoms with van der Waals surface area (Å²) in [7, 11) is 0. The molecule has 0 fully saturated rings. The predicted octanol–water partition coefficient (Wildman–Crippen LogP) is 22.1. The molecule has 0 saturated heterocycles. The van der Waals surface area contributed by atoms with Gasteiger partial charge in [-0.15, -0.1) is 0 Å². The van der Waals surface area contributed by atoms with E-state index in [1.54, 1.807) is 0 Å². The van der Waals surface area contributed by atoms with E-state index in [1.807, 2.05) is 6.20 Å². The second-order valence-corrected chi connectivity index (χ2v) is 28.5. The van der Waals surface area contributed by atoms with Gasteiger partial charge in [0.1, 0.15) is 24.0 Å². The number of fused-ring (bicyclic) bond motifs is 7. The molecular formula is C83H78N4O. The molecule has 2 aromatic heterocycles. The van der Waals surface area contributed by atoms with Crippen LogP contribution in [0.4, 0.5) is 22.7 Å². The van der Waals surface area contributed by atoms with Crippen LogP contribution >= 0.6 is 0 Å². The quantitative estimate of drug-likeness (QED) is 0.144. The Hall–Kier alpha value is -9.45. The summed E-state index contributed by atoms with van der Waals surface area (Å²) in [4.78, 5) is 10.2. The number of anilines is 4. The van der Waals surface area contributed by atoms with Gasteiger partial charge in [0.15, 0.2) is 0 Å². The first-order valence-corrected chi connectivity index (χ1v) is 31.3. The monoisotopic (exact) mass is 1150 g/mol. The third-order valence-corrected chi connectivity index (χ3v) is 18.6. The van der Waals surface area contributed by atoms with Crippen molar-refractivity contribution >= 4 is 44.6 Å². The van der Waals surface area contributed by atoms with Gasteiger partial charge in [0.25, 0.3) is 0 Å². The number of aromatic nitrogens is 2. The van der Waals surface area contributed by atoms with Crippen molar-refractivity contribution in [3.63, 3.8) is 0 Å².